The molecule has 0 spiro atoms. The maximum absolute atomic E-state index is 2.18. The van der Waals surface area contributed by atoms with Crippen LogP contribution in [-0.4, -0.2) is 0 Å². The van der Waals surface area contributed by atoms with E-state index in [4.69, 9.17) is 0 Å². The van der Waals surface area contributed by atoms with E-state index in [-0.39, 0.29) is 0 Å². The van der Waals surface area contributed by atoms with Crippen molar-refractivity contribution in [1.29, 1.82) is 0 Å². The first-order valence-corrected chi connectivity index (χ1v) is 3.47. The quantitative estimate of drug-likeness (QED) is 0.495. The largest absolute Gasteiger partial charge is 0.0764 e. The fraction of sp³-hybridized carbons (Fsp3) is 0.556. The maximum Gasteiger partial charge on any atom is -0.0349 e. The van der Waals surface area contributed by atoms with E-state index in [2.05, 4.69) is 39.8 Å². The van der Waals surface area contributed by atoms with Crippen molar-refractivity contribution in [3.05, 3.63) is 23.3 Å². The van der Waals surface area contributed by atoms with Crippen molar-refractivity contribution in [2.75, 3.05) is 0 Å². The van der Waals surface area contributed by atoms with Crippen LogP contribution in [0.15, 0.2) is 23.3 Å². The van der Waals surface area contributed by atoms with Gasteiger partial charge in [0.05, 0.1) is 0 Å². The van der Waals surface area contributed by atoms with E-state index in [1.165, 1.54) is 11.1 Å². The molecule has 0 fully saturated rings. The Morgan fingerprint density at radius 3 is 2.00 bits per heavy atom. The van der Waals surface area contributed by atoms with Crippen molar-refractivity contribution in [2.24, 2.45) is 0 Å². The Morgan fingerprint density at radius 1 is 1.11 bits per heavy atom. The number of allylic oxidation sites excluding steroid dienone is 4. The molecule has 0 amide bonds. The number of hydrogen-bond acceptors (Lipinski definition) is 0. The van der Waals surface area contributed by atoms with Gasteiger partial charge in [0.1, 0.15) is 0 Å². The molecule has 0 unspecified atom stereocenters. The molecule has 0 saturated heterocycles. The van der Waals surface area contributed by atoms with E-state index in [0.29, 0.717) is 0 Å². The highest BCUT2D eigenvalue weighted by atomic mass is 13.9. The fourth-order valence-corrected chi connectivity index (χ4v) is 0.427. The maximum atomic E-state index is 2.18. The Labute approximate surface area is 58.3 Å². The molecule has 0 aliphatic heterocycles. The van der Waals surface area contributed by atoms with E-state index in [1.807, 2.05) is 0 Å². The molecular formula is C9H16. The van der Waals surface area contributed by atoms with Crippen molar-refractivity contribution in [2.45, 2.75) is 34.1 Å². The van der Waals surface area contributed by atoms with Gasteiger partial charge in [-0.2, -0.15) is 0 Å². The molecule has 0 saturated carbocycles. The predicted octanol–water partition coefficient (Wildman–Crippen LogP) is 3.31. The van der Waals surface area contributed by atoms with Gasteiger partial charge in [-0.25, -0.2) is 0 Å². The normalized spacial score (nSPS) is 11.3. The van der Waals surface area contributed by atoms with Crippen molar-refractivity contribution >= 4 is 0 Å². The van der Waals surface area contributed by atoms with Gasteiger partial charge in [0.25, 0.3) is 0 Å². The average Bonchev–Trinajstić information content (AvgIpc) is 1.83. The average molecular weight is 124 g/mol. The highest BCUT2D eigenvalue weighted by molar-refractivity contribution is 5.13. The van der Waals surface area contributed by atoms with Gasteiger partial charge in [0, 0.05) is 0 Å². The Morgan fingerprint density at radius 2 is 1.67 bits per heavy atom. The molecule has 0 aromatic heterocycles. The topological polar surface area (TPSA) is 0 Å². The lowest BCUT2D eigenvalue weighted by Gasteiger charge is -1.89. The molecular weight excluding hydrogens is 108 g/mol. The van der Waals surface area contributed by atoms with Crippen LogP contribution in [0.4, 0.5) is 0 Å². The first kappa shape index (κ1) is 8.48. The third kappa shape index (κ3) is 5.35. The molecule has 0 nitrogen and oxygen atoms in total. The summed E-state index contributed by atoms with van der Waals surface area (Å²) in [6.07, 6.45) is 5.48. The summed E-state index contributed by atoms with van der Waals surface area (Å²) in [5, 5.41) is 0. The lowest BCUT2D eigenvalue weighted by Crippen LogP contribution is -1.68. The Hall–Kier alpha value is -0.520. The van der Waals surface area contributed by atoms with Gasteiger partial charge in [0.2, 0.25) is 0 Å². The molecule has 0 aromatic rings. The van der Waals surface area contributed by atoms with Crippen LogP contribution < -0.4 is 0 Å². The molecule has 0 heteroatoms. The molecule has 0 rings (SSSR count). The van der Waals surface area contributed by atoms with E-state index in [1.54, 1.807) is 0 Å². The number of rotatable bonds is 2. The molecule has 0 bridgehead atoms. The zero-order valence-electron chi connectivity index (χ0n) is 6.86. The summed E-state index contributed by atoms with van der Waals surface area (Å²) in [5.41, 5.74) is 2.80. The molecule has 52 valence electrons. The summed E-state index contributed by atoms with van der Waals surface area (Å²) in [5.74, 6) is 0. The van der Waals surface area contributed by atoms with Crippen molar-refractivity contribution < 1.29 is 0 Å². The second-order valence-corrected chi connectivity index (χ2v) is 2.61. The summed E-state index contributed by atoms with van der Waals surface area (Å²) in [7, 11) is 0. The van der Waals surface area contributed by atoms with Gasteiger partial charge in [-0.3, -0.25) is 0 Å². The van der Waals surface area contributed by atoms with Crippen LogP contribution in [0.1, 0.15) is 34.1 Å². The molecule has 0 heterocycles. The van der Waals surface area contributed by atoms with Gasteiger partial charge in [0.15, 0.2) is 0 Å². The van der Waals surface area contributed by atoms with Gasteiger partial charge < -0.3 is 0 Å². The highest BCUT2D eigenvalue weighted by Crippen LogP contribution is 1.99. The van der Waals surface area contributed by atoms with Crippen molar-refractivity contribution in [3.63, 3.8) is 0 Å². The van der Waals surface area contributed by atoms with Crippen LogP contribution in [0.5, 0.6) is 0 Å². The molecule has 0 aliphatic carbocycles. The molecule has 0 radical (unpaired) electrons. The van der Waals surface area contributed by atoms with E-state index >= 15 is 0 Å². The second-order valence-electron chi connectivity index (χ2n) is 2.61. The summed E-state index contributed by atoms with van der Waals surface area (Å²) < 4.78 is 0. The molecule has 0 aliphatic rings. The van der Waals surface area contributed by atoms with Crippen LogP contribution >= 0.6 is 0 Å². The first-order valence-electron chi connectivity index (χ1n) is 3.47. The Balaban J connectivity index is 3.83. The second kappa shape index (κ2) is 4.37. The molecule has 0 N–H and O–H groups in total. The van der Waals surface area contributed by atoms with Gasteiger partial charge in [-0.05, 0) is 27.2 Å². The first-order chi connectivity index (χ1) is 4.16. The lowest BCUT2D eigenvalue weighted by molar-refractivity contribution is 1.10. The van der Waals surface area contributed by atoms with Crippen molar-refractivity contribution in [1.82, 2.24) is 0 Å². The van der Waals surface area contributed by atoms with Crippen LogP contribution in [0.3, 0.4) is 0 Å². The lowest BCUT2D eigenvalue weighted by atomic mass is 10.2. The highest BCUT2D eigenvalue weighted by Gasteiger charge is 1.78. The minimum atomic E-state index is 1.16. The minimum Gasteiger partial charge on any atom is -0.0764 e. The fourth-order valence-electron chi connectivity index (χ4n) is 0.427. The summed E-state index contributed by atoms with van der Waals surface area (Å²) in [6, 6.07) is 0. The molecule has 9 heavy (non-hydrogen) atoms. The van der Waals surface area contributed by atoms with Crippen LogP contribution in [-0.2, 0) is 0 Å². The monoisotopic (exact) mass is 124 g/mol. The third-order valence-electron chi connectivity index (χ3n) is 1.26. The van der Waals surface area contributed by atoms with E-state index in [9.17, 15) is 0 Å². The van der Waals surface area contributed by atoms with Gasteiger partial charge in [-0.15, -0.1) is 0 Å². The Bertz CT molecular complexity index is 123. The molecule has 0 aromatic carbocycles. The standard InChI is InChI=1S/C9H16/c1-5-9(4)7-6-8(2)3/h6-7H,5H2,1-4H3/b9-7-. The SMILES string of the molecule is CC/C(C)=C\C=C(C)C. The van der Waals surface area contributed by atoms with Crippen LogP contribution in [0.25, 0.3) is 0 Å². The van der Waals surface area contributed by atoms with E-state index in [0.717, 1.165) is 6.42 Å². The van der Waals surface area contributed by atoms with Gasteiger partial charge in [-0.1, -0.05) is 30.2 Å². The van der Waals surface area contributed by atoms with E-state index < -0.39 is 0 Å². The van der Waals surface area contributed by atoms with Crippen molar-refractivity contribution in [3.8, 4) is 0 Å². The summed E-state index contributed by atoms with van der Waals surface area (Å²) in [6.45, 7) is 8.54. The van der Waals surface area contributed by atoms with Crippen LogP contribution in [0, 0.1) is 0 Å². The molecule has 0 atom stereocenters. The predicted molar refractivity (Wildman–Crippen MR) is 43.5 cm³/mol. The van der Waals surface area contributed by atoms with Gasteiger partial charge >= 0.3 is 0 Å². The minimum absolute atomic E-state index is 1.16. The zero-order valence-corrected chi connectivity index (χ0v) is 6.86. The summed E-state index contributed by atoms with van der Waals surface area (Å²) >= 11 is 0. The smallest absolute Gasteiger partial charge is 0.0349 e. The zero-order chi connectivity index (χ0) is 7.28. The summed E-state index contributed by atoms with van der Waals surface area (Å²) in [4.78, 5) is 0. The Kier molecular flexibility index (Phi) is 4.12. The number of hydrogen-bond donors (Lipinski definition) is 0. The third-order valence-corrected chi connectivity index (χ3v) is 1.26. The van der Waals surface area contributed by atoms with Crippen LogP contribution in [0.2, 0.25) is 0 Å².